The van der Waals surface area contributed by atoms with Crippen molar-refractivity contribution in [2.24, 2.45) is 0 Å². The third-order valence-corrected chi connectivity index (χ3v) is 6.88. The second-order valence-corrected chi connectivity index (χ2v) is 9.31. The Hall–Kier alpha value is 0.570. The maximum atomic E-state index is 12.3. The van der Waals surface area contributed by atoms with Crippen LogP contribution in [0.5, 0.6) is 0 Å². The molecule has 18 heavy (non-hydrogen) atoms. The van der Waals surface area contributed by atoms with Crippen LogP contribution < -0.4 is 4.72 Å². The highest BCUT2D eigenvalue weighted by Gasteiger charge is 2.31. The third kappa shape index (κ3) is 4.03. The zero-order valence-corrected chi connectivity index (χ0v) is 15.7. The average molecular weight is 464 g/mol. The highest BCUT2D eigenvalue weighted by atomic mass is 79.9. The normalized spacial score (nSPS) is 14.6. The van der Waals surface area contributed by atoms with Crippen molar-refractivity contribution in [1.82, 2.24) is 4.72 Å². The van der Waals surface area contributed by atoms with E-state index in [1.165, 1.54) is 0 Å². The Kier molecular flexibility index (Phi) is 5.46. The third-order valence-electron chi connectivity index (χ3n) is 2.57. The number of nitrogens with one attached hydrogen (secondary N) is 1. The lowest BCUT2D eigenvalue weighted by molar-refractivity contribution is 0.453. The van der Waals surface area contributed by atoms with Crippen LogP contribution in [0.3, 0.4) is 0 Å². The molecule has 1 unspecified atom stereocenters. The maximum absolute atomic E-state index is 12.3. The van der Waals surface area contributed by atoms with Crippen LogP contribution >= 0.6 is 47.8 Å². The van der Waals surface area contributed by atoms with Gasteiger partial charge in [-0.3, -0.25) is 0 Å². The molecule has 0 aliphatic heterocycles. The summed E-state index contributed by atoms with van der Waals surface area (Å²) in [6, 6.07) is 5.05. The van der Waals surface area contributed by atoms with Crippen LogP contribution in [-0.4, -0.2) is 18.8 Å². The lowest BCUT2D eigenvalue weighted by Crippen LogP contribution is -2.48. The lowest BCUT2D eigenvalue weighted by Gasteiger charge is -2.29. The lowest BCUT2D eigenvalue weighted by atomic mass is 10.0. The molecule has 0 aliphatic carbocycles. The van der Waals surface area contributed by atoms with Crippen molar-refractivity contribution >= 4 is 57.8 Å². The van der Waals surface area contributed by atoms with Gasteiger partial charge in [-0.1, -0.05) is 38.8 Å². The number of sulfonamides is 1. The molecule has 1 N–H and O–H groups in total. The molecule has 3 nitrogen and oxygen atoms in total. The van der Waals surface area contributed by atoms with Crippen LogP contribution in [-0.2, 0) is 10.0 Å². The SMILES string of the molecule is CC(Br)C(C)(C)NS(=O)(=O)c1cc(Br)ccc1Br. The zero-order valence-electron chi connectivity index (χ0n) is 10.2. The Morgan fingerprint density at radius 1 is 1.28 bits per heavy atom. The monoisotopic (exact) mass is 461 g/mol. The van der Waals surface area contributed by atoms with Gasteiger partial charge in [0.05, 0.1) is 4.90 Å². The minimum Gasteiger partial charge on any atom is -0.207 e. The van der Waals surface area contributed by atoms with Crippen molar-refractivity contribution in [2.45, 2.75) is 36.0 Å². The van der Waals surface area contributed by atoms with E-state index in [2.05, 4.69) is 52.5 Å². The molecule has 0 bridgehead atoms. The van der Waals surface area contributed by atoms with Crippen LogP contribution in [0.15, 0.2) is 32.0 Å². The Bertz CT molecular complexity index is 541. The molecular formula is C11H14Br3NO2S. The van der Waals surface area contributed by atoms with Crippen LogP contribution in [0.2, 0.25) is 0 Å². The van der Waals surface area contributed by atoms with Crippen molar-refractivity contribution in [3.05, 3.63) is 27.1 Å². The van der Waals surface area contributed by atoms with Gasteiger partial charge < -0.3 is 0 Å². The number of hydrogen-bond acceptors (Lipinski definition) is 2. The Morgan fingerprint density at radius 2 is 1.83 bits per heavy atom. The fraction of sp³-hybridized carbons (Fsp3) is 0.455. The number of alkyl halides is 1. The molecule has 0 saturated heterocycles. The van der Waals surface area contributed by atoms with Gasteiger partial charge in [0, 0.05) is 19.3 Å². The first-order chi connectivity index (χ1) is 8.06. The molecule has 0 radical (unpaired) electrons. The van der Waals surface area contributed by atoms with E-state index >= 15 is 0 Å². The molecule has 7 heteroatoms. The summed E-state index contributed by atoms with van der Waals surface area (Å²) < 4.78 is 28.6. The second-order valence-electron chi connectivity index (χ2n) is 4.52. The van der Waals surface area contributed by atoms with Crippen molar-refractivity contribution < 1.29 is 8.42 Å². The predicted octanol–water partition coefficient (Wildman–Crippen LogP) is 4.05. The topological polar surface area (TPSA) is 46.2 Å². The summed E-state index contributed by atoms with van der Waals surface area (Å²) >= 11 is 9.94. The molecule has 1 rings (SSSR count). The van der Waals surface area contributed by atoms with Gasteiger partial charge in [0.2, 0.25) is 10.0 Å². The Balaban J connectivity index is 3.19. The average Bonchev–Trinajstić information content (AvgIpc) is 2.19. The Morgan fingerprint density at radius 3 is 2.33 bits per heavy atom. The molecule has 0 saturated carbocycles. The van der Waals surface area contributed by atoms with E-state index in [1.807, 2.05) is 20.8 Å². The molecule has 102 valence electrons. The first-order valence-corrected chi connectivity index (χ1v) is 9.18. The van der Waals surface area contributed by atoms with Crippen LogP contribution in [0.4, 0.5) is 0 Å². The summed E-state index contributed by atoms with van der Waals surface area (Å²) in [5.41, 5.74) is -0.583. The number of rotatable bonds is 4. The van der Waals surface area contributed by atoms with E-state index in [-0.39, 0.29) is 9.72 Å². The second kappa shape index (κ2) is 5.91. The summed E-state index contributed by atoms with van der Waals surface area (Å²) in [7, 11) is -3.57. The number of hydrogen-bond donors (Lipinski definition) is 1. The maximum Gasteiger partial charge on any atom is 0.242 e. The molecule has 1 atom stereocenters. The van der Waals surface area contributed by atoms with Gasteiger partial charge in [-0.15, -0.1) is 0 Å². The van der Waals surface area contributed by atoms with E-state index in [4.69, 9.17) is 0 Å². The van der Waals surface area contributed by atoms with E-state index in [9.17, 15) is 8.42 Å². The molecular weight excluding hydrogens is 450 g/mol. The molecule has 0 fully saturated rings. The summed E-state index contributed by atoms with van der Waals surface area (Å²) in [6.45, 7) is 5.56. The van der Waals surface area contributed by atoms with E-state index in [1.54, 1.807) is 18.2 Å². The largest absolute Gasteiger partial charge is 0.242 e. The van der Waals surface area contributed by atoms with Crippen molar-refractivity contribution in [3.8, 4) is 0 Å². The molecule has 1 aromatic rings. The minimum absolute atomic E-state index is 0.00528. The van der Waals surface area contributed by atoms with Crippen molar-refractivity contribution in [1.29, 1.82) is 0 Å². The van der Waals surface area contributed by atoms with Gasteiger partial charge in [-0.25, -0.2) is 13.1 Å². The van der Waals surface area contributed by atoms with Gasteiger partial charge in [-0.2, -0.15) is 0 Å². The highest BCUT2D eigenvalue weighted by Crippen LogP contribution is 2.27. The highest BCUT2D eigenvalue weighted by molar-refractivity contribution is 9.11. The van der Waals surface area contributed by atoms with E-state index < -0.39 is 15.6 Å². The summed E-state index contributed by atoms with van der Waals surface area (Å²) in [4.78, 5) is 0.226. The molecule has 0 aromatic heterocycles. The summed E-state index contributed by atoms with van der Waals surface area (Å²) in [5.74, 6) is 0. The fourth-order valence-corrected chi connectivity index (χ4v) is 4.42. The first kappa shape index (κ1) is 16.6. The fourth-order valence-electron chi connectivity index (χ4n) is 1.17. The van der Waals surface area contributed by atoms with Crippen molar-refractivity contribution in [3.63, 3.8) is 0 Å². The molecule has 0 heterocycles. The van der Waals surface area contributed by atoms with Gasteiger partial charge in [0.25, 0.3) is 0 Å². The summed E-state index contributed by atoms with van der Waals surface area (Å²) in [6.07, 6.45) is 0. The van der Waals surface area contributed by atoms with Gasteiger partial charge in [-0.05, 0) is 48.0 Å². The van der Waals surface area contributed by atoms with Crippen molar-refractivity contribution in [2.75, 3.05) is 0 Å². The van der Waals surface area contributed by atoms with Crippen LogP contribution in [0.1, 0.15) is 20.8 Å². The molecule has 1 aromatic carbocycles. The number of benzene rings is 1. The van der Waals surface area contributed by atoms with Gasteiger partial charge in [0.15, 0.2) is 0 Å². The first-order valence-electron chi connectivity index (χ1n) is 5.19. The van der Waals surface area contributed by atoms with Gasteiger partial charge >= 0.3 is 0 Å². The molecule has 0 spiro atoms. The minimum atomic E-state index is -3.57. The molecule has 0 amide bonds. The van der Waals surface area contributed by atoms with Crippen LogP contribution in [0, 0.1) is 0 Å². The van der Waals surface area contributed by atoms with E-state index in [0.29, 0.717) is 4.47 Å². The smallest absolute Gasteiger partial charge is 0.207 e. The summed E-state index contributed by atoms with van der Waals surface area (Å²) in [5, 5.41) is 0. The molecule has 0 aliphatic rings. The zero-order chi connectivity index (χ0) is 14.1. The quantitative estimate of drug-likeness (QED) is 0.685. The van der Waals surface area contributed by atoms with E-state index in [0.717, 1.165) is 4.47 Å². The predicted molar refractivity (Wildman–Crippen MR) is 84.6 cm³/mol. The standard InChI is InChI=1S/C11H14Br3NO2S/c1-7(12)11(2,3)15-18(16,17)10-6-8(13)4-5-9(10)14/h4-7,15H,1-3H3. The van der Waals surface area contributed by atoms with Gasteiger partial charge in [0.1, 0.15) is 0 Å². The Labute approximate surface area is 133 Å². The number of halogens is 3. The van der Waals surface area contributed by atoms with Crippen LogP contribution in [0.25, 0.3) is 0 Å².